The molecule has 0 atom stereocenters. The zero-order chi connectivity index (χ0) is 14.8. The molecule has 1 rings (SSSR count). The standard InChI is InChI=1S/C15H24N2O2S/c1-3-5-6-12-17-20(18,19)15-9-7-14(8-10-15)13-16-11-4-2/h3,5,7-10,16-17H,4,6,11-13H2,1-2H3/b5-3+. The molecule has 2 N–H and O–H groups in total. The maximum Gasteiger partial charge on any atom is 0.240 e. The van der Waals surface area contributed by atoms with Gasteiger partial charge in [-0.15, -0.1) is 0 Å². The number of nitrogens with one attached hydrogen (secondary N) is 2. The highest BCUT2D eigenvalue weighted by atomic mass is 32.2. The number of rotatable bonds is 9. The fourth-order valence-corrected chi connectivity index (χ4v) is 2.77. The van der Waals surface area contributed by atoms with E-state index in [4.69, 9.17) is 0 Å². The van der Waals surface area contributed by atoms with E-state index < -0.39 is 10.0 Å². The largest absolute Gasteiger partial charge is 0.313 e. The second-order valence-electron chi connectivity index (χ2n) is 4.58. The summed E-state index contributed by atoms with van der Waals surface area (Å²) in [4.78, 5) is 0.317. The molecule has 0 aliphatic heterocycles. The summed E-state index contributed by atoms with van der Waals surface area (Å²) < 4.78 is 26.6. The van der Waals surface area contributed by atoms with Gasteiger partial charge in [0.05, 0.1) is 4.90 Å². The Bertz CT molecular complexity index is 507. The van der Waals surface area contributed by atoms with Crippen LogP contribution in [0.1, 0.15) is 32.3 Å². The minimum atomic E-state index is -3.39. The number of allylic oxidation sites excluding steroid dienone is 1. The van der Waals surface area contributed by atoms with E-state index in [2.05, 4.69) is 17.0 Å². The number of hydrogen-bond donors (Lipinski definition) is 2. The summed E-state index contributed by atoms with van der Waals surface area (Å²) in [6, 6.07) is 7.01. The Kier molecular flexibility index (Phi) is 7.51. The van der Waals surface area contributed by atoms with E-state index in [9.17, 15) is 8.42 Å². The van der Waals surface area contributed by atoms with Crippen molar-refractivity contribution in [1.29, 1.82) is 0 Å². The highest BCUT2D eigenvalue weighted by Gasteiger charge is 2.12. The van der Waals surface area contributed by atoms with Gasteiger partial charge in [0, 0.05) is 13.1 Å². The maximum atomic E-state index is 12.0. The molecule has 0 saturated carbocycles. The van der Waals surface area contributed by atoms with Gasteiger partial charge in [-0.2, -0.15) is 0 Å². The molecule has 0 radical (unpaired) electrons. The average molecular weight is 296 g/mol. The van der Waals surface area contributed by atoms with E-state index in [1.54, 1.807) is 12.1 Å². The minimum absolute atomic E-state index is 0.317. The van der Waals surface area contributed by atoms with Gasteiger partial charge in [0.1, 0.15) is 0 Å². The van der Waals surface area contributed by atoms with E-state index in [0.717, 1.165) is 25.1 Å². The van der Waals surface area contributed by atoms with Gasteiger partial charge in [-0.3, -0.25) is 0 Å². The van der Waals surface area contributed by atoms with Crippen LogP contribution in [-0.4, -0.2) is 21.5 Å². The van der Waals surface area contributed by atoms with E-state index in [1.807, 2.05) is 31.2 Å². The van der Waals surface area contributed by atoms with E-state index >= 15 is 0 Å². The van der Waals surface area contributed by atoms with Gasteiger partial charge < -0.3 is 5.32 Å². The molecule has 0 fully saturated rings. The zero-order valence-electron chi connectivity index (χ0n) is 12.2. The predicted molar refractivity (Wildman–Crippen MR) is 83.1 cm³/mol. The van der Waals surface area contributed by atoms with Crippen LogP contribution in [0.5, 0.6) is 0 Å². The van der Waals surface area contributed by atoms with Crippen molar-refractivity contribution in [2.45, 2.75) is 38.1 Å². The summed E-state index contributed by atoms with van der Waals surface area (Å²) in [5.41, 5.74) is 1.09. The molecule has 0 aliphatic carbocycles. The van der Waals surface area contributed by atoms with Gasteiger partial charge >= 0.3 is 0 Å². The summed E-state index contributed by atoms with van der Waals surface area (Å²) >= 11 is 0. The van der Waals surface area contributed by atoms with Crippen LogP contribution in [0.2, 0.25) is 0 Å². The molecule has 1 aromatic rings. The molecule has 0 aliphatic rings. The predicted octanol–water partition coefficient (Wildman–Crippen LogP) is 2.43. The molecule has 20 heavy (non-hydrogen) atoms. The van der Waals surface area contributed by atoms with E-state index in [0.29, 0.717) is 17.9 Å². The Hall–Kier alpha value is -1.17. The lowest BCUT2D eigenvalue weighted by Crippen LogP contribution is -2.24. The van der Waals surface area contributed by atoms with Crippen LogP contribution in [0.3, 0.4) is 0 Å². The van der Waals surface area contributed by atoms with Gasteiger partial charge in [-0.25, -0.2) is 13.1 Å². The van der Waals surface area contributed by atoms with E-state index in [-0.39, 0.29) is 0 Å². The van der Waals surface area contributed by atoms with Gasteiger partial charge in [0.15, 0.2) is 0 Å². The maximum absolute atomic E-state index is 12.0. The Labute approximate surface area is 122 Å². The molecule has 5 heteroatoms. The van der Waals surface area contributed by atoms with Crippen LogP contribution >= 0.6 is 0 Å². The molecule has 0 aromatic heterocycles. The lowest BCUT2D eigenvalue weighted by Gasteiger charge is -2.07. The van der Waals surface area contributed by atoms with Gasteiger partial charge in [-0.05, 0) is 44.0 Å². The summed E-state index contributed by atoms with van der Waals surface area (Å²) in [6.45, 7) is 6.18. The Morgan fingerprint density at radius 2 is 1.85 bits per heavy atom. The molecule has 0 bridgehead atoms. The molecular formula is C15H24N2O2S. The van der Waals surface area contributed by atoms with Crippen LogP contribution in [0.15, 0.2) is 41.3 Å². The summed E-state index contributed by atoms with van der Waals surface area (Å²) in [7, 11) is -3.39. The average Bonchev–Trinajstić information content (AvgIpc) is 2.45. The monoisotopic (exact) mass is 296 g/mol. The van der Waals surface area contributed by atoms with Crippen LogP contribution in [0.4, 0.5) is 0 Å². The third-order valence-corrected chi connectivity index (χ3v) is 4.31. The number of benzene rings is 1. The first-order chi connectivity index (χ1) is 9.60. The molecule has 112 valence electrons. The van der Waals surface area contributed by atoms with Gasteiger partial charge in [-0.1, -0.05) is 31.2 Å². The van der Waals surface area contributed by atoms with E-state index in [1.165, 1.54) is 0 Å². The lowest BCUT2D eigenvalue weighted by molar-refractivity contribution is 0.582. The van der Waals surface area contributed by atoms with Crippen molar-refractivity contribution in [3.05, 3.63) is 42.0 Å². The third kappa shape index (κ3) is 5.86. The van der Waals surface area contributed by atoms with Crippen molar-refractivity contribution < 1.29 is 8.42 Å². The Morgan fingerprint density at radius 3 is 2.45 bits per heavy atom. The smallest absolute Gasteiger partial charge is 0.240 e. The second kappa shape index (κ2) is 8.89. The fourth-order valence-electron chi connectivity index (χ4n) is 1.72. The molecule has 0 spiro atoms. The normalized spacial score (nSPS) is 12.1. The molecule has 0 heterocycles. The van der Waals surface area contributed by atoms with Crippen molar-refractivity contribution in [2.24, 2.45) is 0 Å². The lowest BCUT2D eigenvalue weighted by atomic mass is 10.2. The van der Waals surface area contributed by atoms with Crippen molar-refractivity contribution in [2.75, 3.05) is 13.1 Å². The van der Waals surface area contributed by atoms with Crippen LogP contribution in [-0.2, 0) is 16.6 Å². The zero-order valence-corrected chi connectivity index (χ0v) is 13.0. The van der Waals surface area contributed by atoms with Crippen LogP contribution in [0.25, 0.3) is 0 Å². The molecular weight excluding hydrogens is 272 g/mol. The summed E-state index contributed by atoms with van der Waals surface area (Å²) in [5.74, 6) is 0. The highest BCUT2D eigenvalue weighted by molar-refractivity contribution is 7.89. The first-order valence-electron chi connectivity index (χ1n) is 7.00. The highest BCUT2D eigenvalue weighted by Crippen LogP contribution is 2.10. The van der Waals surface area contributed by atoms with Crippen LogP contribution < -0.4 is 10.0 Å². The molecule has 1 aromatic carbocycles. The second-order valence-corrected chi connectivity index (χ2v) is 6.34. The molecule has 4 nitrogen and oxygen atoms in total. The van der Waals surface area contributed by atoms with Crippen molar-refractivity contribution >= 4 is 10.0 Å². The minimum Gasteiger partial charge on any atom is -0.313 e. The van der Waals surface area contributed by atoms with Crippen LogP contribution in [0, 0.1) is 0 Å². The molecule has 0 amide bonds. The quantitative estimate of drug-likeness (QED) is 0.543. The Balaban J connectivity index is 2.57. The first kappa shape index (κ1) is 16.9. The van der Waals surface area contributed by atoms with Crippen molar-refractivity contribution in [3.8, 4) is 0 Å². The summed E-state index contributed by atoms with van der Waals surface area (Å²) in [6.07, 6.45) is 5.63. The number of hydrogen-bond acceptors (Lipinski definition) is 3. The third-order valence-electron chi connectivity index (χ3n) is 2.83. The van der Waals surface area contributed by atoms with Crippen molar-refractivity contribution in [3.63, 3.8) is 0 Å². The fraction of sp³-hybridized carbons (Fsp3) is 0.467. The molecule has 0 saturated heterocycles. The van der Waals surface area contributed by atoms with Gasteiger partial charge in [0.25, 0.3) is 0 Å². The molecule has 0 unspecified atom stereocenters. The van der Waals surface area contributed by atoms with Crippen molar-refractivity contribution in [1.82, 2.24) is 10.0 Å². The Morgan fingerprint density at radius 1 is 1.15 bits per heavy atom. The first-order valence-corrected chi connectivity index (χ1v) is 8.49. The SMILES string of the molecule is C/C=C/CCNS(=O)(=O)c1ccc(CNCCC)cc1. The summed E-state index contributed by atoms with van der Waals surface area (Å²) in [5, 5.41) is 3.29. The number of sulfonamides is 1. The van der Waals surface area contributed by atoms with Gasteiger partial charge in [0.2, 0.25) is 10.0 Å². The topological polar surface area (TPSA) is 58.2 Å².